The Kier molecular flexibility index (Phi) is 5.20. The molecule has 0 saturated heterocycles. The van der Waals surface area contributed by atoms with Crippen LogP contribution in [0.2, 0.25) is 5.02 Å². The molecule has 126 valence electrons. The Labute approximate surface area is 148 Å². The number of H-pyrrole nitrogens is 1. The van der Waals surface area contributed by atoms with Crippen LogP contribution < -0.4 is 11.0 Å². The maximum atomic E-state index is 12.0. The summed E-state index contributed by atoms with van der Waals surface area (Å²) in [6.45, 7) is 0. The summed E-state index contributed by atoms with van der Waals surface area (Å²) in [6.07, 6.45) is 1.88. The van der Waals surface area contributed by atoms with Crippen molar-refractivity contribution in [2.24, 2.45) is 5.10 Å². The van der Waals surface area contributed by atoms with Crippen LogP contribution in [0.5, 0.6) is 0 Å². The Hall–Kier alpha value is -2.99. The molecule has 0 atom stereocenters. The maximum absolute atomic E-state index is 12.0. The lowest BCUT2D eigenvalue weighted by molar-refractivity contribution is -0.121. The molecule has 1 heterocycles. The third kappa shape index (κ3) is 4.51. The SMILES string of the molecule is O=C(CCc1nc2ccccc2[nH]c1=O)N/N=C/c1ccc(Cl)cc1. The number of benzene rings is 2. The highest BCUT2D eigenvalue weighted by Crippen LogP contribution is 2.08. The monoisotopic (exact) mass is 354 g/mol. The first-order chi connectivity index (χ1) is 12.1. The quantitative estimate of drug-likeness (QED) is 0.545. The highest BCUT2D eigenvalue weighted by Gasteiger charge is 2.07. The van der Waals surface area contributed by atoms with Crippen LogP contribution in [0.1, 0.15) is 17.7 Å². The number of rotatable bonds is 5. The number of carbonyl (C=O) groups is 1. The highest BCUT2D eigenvalue weighted by atomic mass is 35.5. The second kappa shape index (κ2) is 7.72. The Morgan fingerprint density at radius 2 is 1.96 bits per heavy atom. The molecule has 0 saturated carbocycles. The number of aryl methyl sites for hydroxylation is 1. The topological polar surface area (TPSA) is 87.2 Å². The number of nitrogens with zero attached hydrogens (tertiary/aromatic N) is 2. The smallest absolute Gasteiger partial charge is 0.270 e. The van der Waals surface area contributed by atoms with Gasteiger partial charge < -0.3 is 4.98 Å². The normalized spacial score (nSPS) is 11.1. The number of hydrogen-bond donors (Lipinski definition) is 2. The fourth-order valence-corrected chi connectivity index (χ4v) is 2.38. The van der Waals surface area contributed by atoms with E-state index in [4.69, 9.17) is 11.6 Å². The predicted molar refractivity (Wildman–Crippen MR) is 97.9 cm³/mol. The second-order valence-corrected chi connectivity index (χ2v) is 5.81. The number of para-hydroxylation sites is 2. The Balaban J connectivity index is 1.58. The van der Waals surface area contributed by atoms with E-state index in [1.54, 1.807) is 30.3 Å². The van der Waals surface area contributed by atoms with Crippen molar-refractivity contribution in [2.75, 3.05) is 0 Å². The van der Waals surface area contributed by atoms with Crippen molar-refractivity contribution in [1.82, 2.24) is 15.4 Å². The molecule has 0 spiro atoms. The van der Waals surface area contributed by atoms with Gasteiger partial charge in [0.05, 0.1) is 17.2 Å². The van der Waals surface area contributed by atoms with Gasteiger partial charge in [0, 0.05) is 17.9 Å². The molecule has 0 bridgehead atoms. The van der Waals surface area contributed by atoms with Crippen LogP contribution in [0.25, 0.3) is 11.0 Å². The van der Waals surface area contributed by atoms with Crippen molar-refractivity contribution < 1.29 is 4.79 Å². The zero-order valence-corrected chi connectivity index (χ0v) is 14.0. The van der Waals surface area contributed by atoms with Crippen molar-refractivity contribution in [3.05, 3.63) is 75.2 Å². The maximum Gasteiger partial charge on any atom is 0.270 e. The average molecular weight is 355 g/mol. The summed E-state index contributed by atoms with van der Waals surface area (Å²) in [4.78, 5) is 30.9. The summed E-state index contributed by atoms with van der Waals surface area (Å²) in [6, 6.07) is 14.3. The van der Waals surface area contributed by atoms with E-state index in [-0.39, 0.29) is 24.3 Å². The Morgan fingerprint density at radius 3 is 2.76 bits per heavy atom. The average Bonchev–Trinajstić information content (AvgIpc) is 2.61. The molecule has 3 rings (SSSR count). The molecule has 0 aliphatic heterocycles. The van der Waals surface area contributed by atoms with Crippen LogP contribution in [0.4, 0.5) is 0 Å². The van der Waals surface area contributed by atoms with Crippen LogP contribution in [0.15, 0.2) is 58.4 Å². The number of aromatic nitrogens is 2. The first-order valence-electron chi connectivity index (χ1n) is 7.67. The zero-order chi connectivity index (χ0) is 17.6. The summed E-state index contributed by atoms with van der Waals surface area (Å²) in [5.74, 6) is -0.292. The standard InChI is InChI=1S/C18H15ClN4O2/c19-13-7-5-12(6-8-13)11-20-23-17(24)10-9-16-18(25)22-15-4-2-1-3-14(15)21-16/h1-8,11H,9-10H2,(H,22,25)(H,23,24)/b20-11+. The number of fused-ring (bicyclic) bond motifs is 1. The number of hydrazone groups is 1. The minimum absolute atomic E-state index is 0.117. The van der Waals surface area contributed by atoms with Gasteiger partial charge >= 0.3 is 0 Å². The first-order valence-corrected chi connectivity index (χ1v) is 8.05. The van der Waals surface area contributed by atoms with Crippen LogP contribution in [-0.2, 0) is 11.2 Å². The van der Waals surface area contributed by atoms with E-state index in [2.05, 4.69) is 20.5 Å². The van der Waals surface area contributed by atoms with Crippen LogP contribution in [0.3, 0.4) is 0 Å². The Morgan fingerprint density at radius 1 is 1.20 bits per heavy atom. The summed E-state index contributed by atoms with van der Waals surface area (Å²) >= 11 is 5.80. The summed E-state index contributed by atoms with van der Waals surface area (Å²) in [5.41, 5.74) is 4.66. The molecule has 3 aromatic rings. The molecule has 2 aromatic carbocycles. The van der Waals surface area contributed by atoms with Gasteiger partial charge in [-0.2, -0.15) is 5.10 Å². The van der Waals surface area contributed by atoms with Crippen molar-refractivity contribution in [1.29, 1.82) is 0 Å². The molecule has 1 amide bonds. The summed E-state index contributed by atoms with van der Waals surface area (Å²) in [5, 5.41) is 4.52. The lowest BCUT2D eigenvalue weighted by Gasteiger charge is -2.02. The number of carbonyl (C=O) groups excluding carboxylic acids is 1. The molecule has 0 aliphatic rings. The largest absolute Gasteiger partial charge is 0.319 e. The van der Waals surface area contributed by atoms with Crippen LogP contribution in [-0.4, -0.2) is 22.1 Å². The van der Waals surface area contributed by atoms with Gasteiger partial charge in [-0.15, -0.1) is 0 Å². The highest BCUT2D eigenvalue weighted by molar-refractivity contribution is 6.30. The lowest BCUT2D eigenvalue weighted by atomic mass is 10.2. The number of amides is 1. The zero-order valence-electron chi connectivity index (χ0n) is 13.2. The van der Waals surface area contributed by atoms with Gasteiger partial charge in [-0.05, 0) is 29.8 Å². The number of nitrogens with one attached hydrogen (secondary N) is 2. The minimum atomic E-state index is -0.292. The molecule has 2 N–H and O–H groups in total. The third-order valence-corrected chi connectivity index (χ3v) is 3.78. The van der Waals surface area contributed by atoms with E-state index in [0.717, 1.165) is 5.56 Å². The molecular formula is C18H15ClN4O2. The molecule has 0 fully saturated rings. The van der Waals surface area contributed by atoms with Gasteiger partial charge in [0.2, 0.25) is 5.91 Å². The van der Waals surface area contributed by atoms with Gasteiger partial charge in [0.1, 0.15) is 5.69 Å². The van der Waals surface area contributed by atoms with E-state index >= 15 is 0 Å². The van der Waals surface area contributed by atoms with E-state index < -0.39 is 0 Å². The number of hydrogen-bond acceptors (Lipinski definition) is 4. The molecule has 25 heavy (non-hydrogen) atoms. The van der Waals surface area contributed by atoms with Crippen molar-refractivity contribution in [3.8, 4) is 0 Å². The molecule has 6 nitrogen and oxygen atoms in total. The van der Waals surface area contributed by atoms with E-state index in [0.29, 0.717) is 21.7 Å². The van der Waals surface area contributed by atoms with Crippen molar-refractivity contribution in [2.45, 2.75) is 12.8 Å². The van der Waals surface area contributed by atoms with Crippen LogP contribution in [0, 0.1) is 0 Å². The first kappa shape index (κ1) is 16.9. The fourth-order valence-electron chi connectivity index (χ4n) is 2.25. The van der Waals surface area contributed by atoms with Gasteiger partial charge in [-0.1, -0.05) is 35.9 Å². The summed E-state index contributed by atoms with van der Waals surface area (Å²) in [7, 11) is 0. The summed E-state index contributed by atoms with van der Waals surface area (Å²) < 4.78 is 0. The van der Waals surface area contributed by atoms with Crippen molar-refractivity contribution >= 4 is 34.8 Å². The third-order valence-electron chi connectivity index (χ3n) is 3.53. The molecular weight excluding hydrogens is 340 g/mol. The van der Waals surface area contributed by atoms with Crippen molar-refractivity contribution in [3.63, 3.8) is 0 Å². The van der Waals surface area contributed by atoms with E-state index in [1.807, 2.05) is 18.2 Å². The minimum Gasteiger partial charge on any atom is -0.319 e. The van der Waals surface area contributed by atoms with Crippen LogP contribution >= 0.6 is 11.6 Å². The van der Waals surface area contributed by atoms with Gasteiger partial charge in [-0.25, -0.2) is 10.4 Å². The van der Waals surface area contributed by atoms with Gasteiger partial charge in [0.15, 0.2) is 0 Å². The lowest BCUT2D eigenvalue weighted by Crippen LogP contribution is -2.21. The van der Waals surface area contributed by atoms with Gasteiger partial charge in [-0.3, -0.25) is 9.59 Å². The number of halogens is 1. The molecule has 7 heteroatoms. The van der Waals surface area contributed by atoms with E-state index in [1.165, 1.54) is 6.21 Å². The van der Waals surface area contributed by atoms with E-state index in [9.17, 15) is 9.59 Å². The molecule has 0 unspecified atom stereocenters. The van der Waals surface area contributed by atoms with Gasteiger partial charge in [0.25, 0.3) is 5.56 Å². The molecule has 1 aromatic heterocycles. The fraction of sp³-hybridized carbons (Fsp3) is 0.111. The predicted octanol–water partition coefficient (Wildman–Crippen LogP) is 2.66. The Bertz CT molecular complexity index is 980. The molecule has 0 radical (unpaired) electrons. The number of aromatic amines is 1. The second-order valence-electron chi connectivity index (χ2n) is 5.37. The molecule has 0 aliphatic carbocycles.